The molecule has 4 N–H and O–H groups in total. The number of anilines is 2. The first-order valence-electron chi connectivity index (χ1n) is 8.55. The lowest BCUT2D eigenvalue weighted by molar-refractivity contribution is -0.121. The number of hydrogen-bond acceptors (Lipinski definition) is 5. The molecule has 1 aromatic carbocycles. The van der Waals surface area contributed by atoms with Gasteiger partial charge >= 0.3 is 0 Å². The van der Waals surface area contributed by atoms with Gasteiger partial charge in [0, 0.05) is 29.5 Å². The Hall–Kier alpha value is -2.68. The Bertz CT molecular complexity index is 1090. The number of nitrogens with one attached hydrogen (secondary N) is 3. The number of amides is 1. The van der Waals surface area contributed by atoms with Crippen molar-refractivity contribution >= 4 is 39.9 Å². The van der Waals surface area contributed by atoms with Crippen molar-refractivity contribution in [3.8, 4) is 0 Å². The van der Waals surface area contributed by atoms with E-state index in [1.165, 1.54) is 31.5 Å². The molecule has 0 bridgehead atoms. The molecule has 146 valence electrons. The van der Waals surface area contributed by atoms with E-state index in [9.17, 15) is 14.3 Å². The molecule has 1 unspecified atom stereocenters. The number of hydrogen-bond donors (Lipinski definition) is 4. The van der Waals surface area contributed by atoms with Gasteiger partial charge in [-0.25, -0.2) is 9.37 Å². The first-order chi connectivity index (χ1) is 13.3. The van der Waals surface area contributed by atoms with Gasteiger partial charge in [0.05, 0.1) is 29.6 Å². The number of rotatable bonds is 4. The van der Waals surface area contributed by atoms with E-state index in [2.05, 4.69) is 20.6 Å². The van der Waals surface area contributed by atoms with Crippen molar-refractivity contribution in [3.05, 3.63) is 52.6 Å². The highest BCUT2D eigenvalue weighted by atomic mass is 35.5. The minimum absolute atomic E-state index is 0.139. The summed E-state index contributed by atoms with van der Waals surface area (Å²) in [5.74, 6) is -0.759. The van der Waals surface area contributed by atoms with Crippen molar-refractivity contribution in [2.75, 3.05) is 24.4 Å². The van der Waals surface area contributed by atoms with Gasteiger partial charge < -0.3 is 25.5 Å². The molecule has 2 atom stereocenters. The van der Waals surface area contributed by atoms with E-state index >= 15 is 0 Å². The van der Waals surface area contributed by atoms with Crippen molar-refractivity contribution in [1.82, 2.24) is 9.97 Å². The molecule has 0 aliphatic carbocycles. The van der Waals surface area contributed by atoms with Crippen molar-refractivity contribution in [1.29, 1.82) is 0 Å². The molecule has 1 aliphatic heterocycles. The molecule has 3 heterocycles. The molecule has 0 saturated carbocycles. The average molecular weight is 405 g/mol. The lowest BCUT2D eigenvalue weighted by Gasteiger charge is -2.35. The van der Waals surface area contributed by atoms with Crippen LogP contribution in [0, 0.1) is 5.82 Å². The molecule has 0 fully saturated rings. The monoisotopic (exact) mass is 404 g/mol. The number of carbonyl (C=O) groups is 1. The summed E-state index contributed by atoms with van der Waals surface area (Å²) in [4.78, 5) is 19.8. The number of H-pyrrole nitrogens is 1. The van der Waals surface area contributed by atoms with E-state index in [0.29, 0.717) is 28.0 Å². The van der Waals surface area contributed by atoms with Crippen molar-refractivity contribution in [3.63, 3.8) is 0 Å². The van der Waals surface area contributed by atoms with E-state index in [1.807, 2.05) is 0 Å². The number of nitrogens with zero attached hydrogens (tertiary/aromatic N) is 1. The second-order valence-electron chi connectivity index (χ2n) is 6.93. The molecule has 4 rings (SSSR count). The number of aliphatic hydroxyl groups excluding tert-OH is 1. The van der Waals surface area contributed by atoms with Crippen LogP contribution in [0.15, 0.2) is 30.6 Å². The zero-order valence-electron chi connectivity index (χ0n) is 15.1. The van der Waals surface area contributed by atoms with Crippen LogP contribution < -0.4 is 10.6 Å². The van der Waals surface area contributed by atoms with Crippen LogP contribution in [0.2, 0.25) is 5.02 Å². The minimum atomic E-state index is -1.20. The van der Waals surface area contributed by atoms with Crippen LogP contribution >= 0.6 is 11.6 Å². The van der Waals surface area contributed by atoms with Gasteiger partial charge in [-0.15, -0.1) is 0 Å². The number of methoxy groups -OCH3 is 1. The number of fused-ring (bicyclic) bond motifs is 3. The normalized spacial score (nSPS) is 19.8. The zero-order chi connectivity index (χ0) is 20.1. The number of benzene rings is 1. The third kappa shape index (κ3) is 2.90. The van der Waals surface area contributed by atoms with Crippen molar-refractivity contribution in [2.24, 2.45) is 0 Å². The fraction of sp³-hybridized carbons (Fsp3) is 0.263. The second kappa shape index (κ2) is 6.73. The fourth-order valence-electron chi connectivity index (χ4n) is 3.44. The summed E-state index contributed by atoms with van der Waals surface area (Å²) < 4.78 is 18.9. The Labute approximate surface area is 164 Å². The predicted molar refractivity (Wildman–Crippen MR) is 104 cm³/mol. The molecule has 3 aromatic rings. The van der Waals surface area contributed by atoms with Gasteiger partial charge in [0.25, 0.3) is 5.91 Å². The third-order valence-corrected chi connectivity index (χ3v) is 5.21. The van der Waals surface area contributed by atoms with Crippen LogP contribution in [-0.4, -0.2) is 40.2 Å². The average Bonchev–Trinajstić information content (AvgIpc) is 3.09. The van der Waals surface area contributed by atoms with E-state index in [4.69, 9.17) is 16.3 Å². The molecule has 0 saturated heterocycles. The van der Waals surface area contributed by atoms with Gasteiger partial charge in [0.2, 0.25) is 0 Å². The zero-order valence-corrected chi connectivity index (χ0v) is 15.9. The number of carbonyl (C=O) groups excluding carboxylic acids is 1. The molecular weight excluding hydrogens is 387 g/mol. The lowest BCUT2D eigenvalue weighted by Crippen LogP contribution is -2.53. The largest absolute Gasteiger partial charge is 0.384 e. The summed E-state index contributed by atoms with van der Waals surface area (Å²) in [7, 11) is 1.51. The Morgan fingerprint density at radius 3 is 2.93 bits per heavy atom. The molecule has 1 amide bonds. The standard InChI is InChI=1S/C19H18ClFN4O3/c1-19(8-28-2)18(27)24-13-7-23-17-14(15(13)25-19)11(6-22-17)16(26)10-5-9(21)3-4-12(10)20/h3-7,16,25-26H,8H2,1-2H3,(H,22,23)(H,24,27)/t16?,19-/m0/s1. The van der Waals surface area contributed by atoms with Crippen LogP contribution in [-0.2, 0) is 9.53 Å². The molecule has 9 heteroatoms. The first kappa shape index (κ1) is 18.7. The molecule has 0 radical (unpaired) electrons. The highest BCUT2D eigenvalue weighted by Crippen LogP contribution is 2.41. The highest BCUT2D eigenvalue weighted by Gasteiger charge is 2.39. The van der Waals surface area contributed by atoms with Crippen LogP contribution in [0.1, 0.15) is 24.2 Å². The second-order valence-corrected chi connectivity index (χ2v) is 7.33. The molecule has 2 aromatic heterocycles. The van der Waals surface area contributed by atoms with Gasteiger partial charge in [-0.2, -0.15) is 0 Å². The topological polar surface area (TPSA) is 99.3 Å². The maximum atomic E-state index is 13.7. The number of ether oxygens (including phenoxy) is 1. The number of pyridine rings is 1. The predicted octanol–water partition coefficient (Wildman–Crippen LogP) is 3.21. The van der Waals surface area contributed by atoms with Gasteiger partial charge in [0.1, 0.15) is 23.1 Å². The van der Waals surface area contributed by atoms with E-state index in [0.717, 1.165) is 0 Å². The summed E-state index contributed by atoms with van der Waals surface area (Å²) in [6, 6.07) is 3.81. The molecule has 0 spiro atoms. The fourth-order valence-corrected chi connectivity index (χ4v) is 3.66. The SMILES string of the molecule is COC[C@]1(C)Nc2c(cnc3[nH]cc(C(O)c4cc(F)ccc4Cl)c23)NC1=O. The molecular formula is C19H18ClFN4O3. The van der Waals surface area contributed by atoms with Crippen LogP contribution in [0.5, 0.6) is 0 Å². The van der Waals surface area contributed by atoms with E-state index < -0.39 is 17.5 Å². The molecule has 28 heavy (non-hydrogen) atoms. The van der Waals surface area contributed by atoms with Crippen LogP contribution in [0.3, 0.4) is 0 Å². The van der Waals surface area contributed by atoms with Crippen molar-refractivity contribution in [2.45, 2.75) is 18.6 Å². The minimum Gasteiger partial charge on any atom is -0.384 e. The number of aliphatic hydroxyl groups is 1. The third-order valence-electron chi connectivity index (χ3n) is 4.86. The first-order valence-corrected chi connectivity index (χ1v) is 8.93. The molecule has 1 aliphatic rings. The van der Waals surface area contributed by atoms with Crippen LogP contribution in [0.25, 0.3) is 11.0 Å². The number of aromatic amines is 1. The van der Waals surface area contributed by atoms with E-state index in [-0.39, 0.29) is 23.1 Å². The summed E-state index contributed by atoms with van der Waals surface area (Å²) >= 11 is 6.17. The van der Waals surface area contributed by atoms with Crippen molar-refractivity contribution < 1.29 is 19.0 Å². The Morgan fingerprint density at radius 2 is 2.18 bits per heavy atom. The maximum absolute atomic E-state index is 13.7. The van der Waals surface area contributed by atoms with Gasteiger partial charge in [-0.3, -0.25) is 4.79 Å². The quantitative estimate of drug-likeness (QED) is 0.535. The van der Waals surface area contributed by atoms with Gasteiger partial charge in [-0.05, 0) is 25.1 Å². The number of halogens is 2. The van der Waals surface area contributed by atoms with Crippen LogP contribution in [0.4, 0.5) is 15.8 Å². The summed E-state index contributed by atoms with van der Waals surface area (Å²) in [5, 5.41) is 17.8. The number of aromatic nitrogens is 2. The Kier molecular flexibility index (Phi) is 4.49. The Balaban J connectivity index is 1.88. The summed E-state index contributed by atoms with van der Waals surface area (Å²) in [6.07, 6.45) is 1.92. The highest BCUT2D eigenvalue weighted by molar-refractivity contribution is 6.31. The summed E-state index contributed by atoms with van der Waals surface area (Å²) in [6.45, 7) is 1.85. The lowest BCUT2D eigenvalue weighted by atomic mass is 9.95. The van der Waals surface area contributed by atoms with Gasteiger partial charge in [0.15, 0.2) is 0 Å². The maximum Gasteiger partial charge on any atom is 0.252 e. The van der Waals surface area contributed by atoms with Gasteiger partial charge in [-0.1, -0.05) is 11.6 Å². The van der Waals surface area contributed by atoms with E-state index in [1.54, 1.807) is 13.1 Å². The smallest absolute Gasteiger partial charge is 0.252 e. The Morgan fingerprint density at radius 1 is 1.39 bits per heavy atom. The molecule has 7 nitrogen and oxygen atoms in total. The summed E-state index contributed by atoms with van der Waals surface area (Å²) in [5.41, 5.74) is 1.25.